The third-order valence-corrected chi connectivity index (χ3v) is 2.06. The highest BCUT2D eigenvalue weighted by Crippen LogP contribution is 2.22. The zero-order valence-corrected chi connectivity index (χ0v) is 6.43. The van der Waals surface area contributed by atoms with Gasteiger partial charge in [0.1, 0.15) is 0 Å². The topological polar surface area (TPSA) is 57.4 Å². The molecule has 0 unspecified atom stereocenters. The molecule has 0 aliphatic carbocycles. The molecule has 0 spiro atoms. The lowest BCUT2D eigenvalue weighted by Gasteiger charge is -1.89. The average molecular weight is 166 g/mol. The second-order valence-corrected chi connectivity index (χ2v) is 3.03. The maximum atomic E-state index is 3.82. The van der Waals surface area contributed by atoms with Crippen LogP contribution in [-0.2, 0) is 0 Å². The van der Waals surface area contributed by atoms with Gasteiger partial charge in [0.15, 0.2) is 0 Å². The summed E-state index contributed by atoms with van der Waals surface area (Å²) in [7, 11) is 0. The van der Waals surface area contributed by atoms with E-state index < -0.39 is 0 Å². The van der Waals surface area contributed by atoms with E-state index in [0.29, 0.717) is 0 Å². The van der Waals surface area contributed by atoms with Crippen molar-refractivity contribution in [1.29, 1.82) is 0 Å². The smallest absolute Gasteiger partial charge is 0.0969 e. The molecule has 0 bridgehead atoms. The fourth-order valence-corrected chi connectivity index (χ4v) is 1.41. The van der Waals surface area contributed by atoms with Crippen LogP contribution in [0.3, 0.4) is 0 Å². The highest BCUT2D eigenvalue weighted by molar-refractivity contribution is 7.99. The molecule has 4 nitrogen and oxygen atoms in total. The Labute approximate surface area is 67.4 Å². The van der Waals surface area contributed by atoms with Gasteiger partial charge >= 0.3 is 0 Å². The summed E-state index contributed by atoms with van der Waals surface area (Å²) in [5, 5.41) is 15.3. The van der Waals surface area contributed by atoms with Crippen molar-refractivity contribution in [2.24, 2.45) is 0 Å². The number of nitrogens with zero attached hydrogens (tertiary/aromatic N) is 2. The molecule has 2 N–H and O–H groups in total. The number of hydrogen-bond acceptors (Lipinski definition) is 3. The third-order valence-electron chi connectivity index (χ3n) is 1.17. The van der Waals surface area contributed by atoms with E-state index in [4.69, 9.17) is 0 Å². The summed E-state index contributed by atoms with van der Waals surface area (Å²) in [6.07, 6.45) is 3.44. The maximum Gasteiger partial charge on any atom is 0.0969 e. The Hall–Kier alpha value is -1.23. The molecule has 2 heterocycles. The molecule has 0 aliphatic heterocycles. The van der Waals surface area contributed by atoms with E-state index in [-0.39, 0.29) is 0 Å². The lowest BCUT2D eigenvalue weighted by atomic mass is 10.7. The van der Waals surface area contributed by atoms with Crippen molar-refractivity contribution >= 4 is 11.8 Å². The van der Waals surface area contributed by atoms with Crippen LogP contribution in [0.2, 0.25) is 0 Å². The number of H-pyrrole nitrogens is 2. The van der Waals surface area contributed by atoms with Crippen molar-refractivity contribution in [2.45, 2.75) is 10.1 Å². The minimum absolute atomic E-state index is 1.01. The summed E-state index contributed by atoms with van der Waals surface area (Å²) in [4.78, 5) is 0. The first-order chi connectivity index (χ1) is 5.45. The fraction of sp³-hybridized carbons (Fsp3) is 0. The Morgan fingerprint density at radius 1 is 1.00 bits per heavy atom. The zero-order valence-electron chi connectivity index (χ0n) is 5.61. The fourth-order valence-electron chi connectivity index (χ4n) is 0.718. The van der Waals surface area contributed by atoms with Crippen LogP contribution in [0.15, 0.2) is 34.6 Å². The number of nitrogens with one attached hydrogen (secondary N) is 2. The third kappa shape index (κ3) is 1.43. The van der Waals surface area contributed by atoms with E-state index in [2.05, 4.69) is 20.4 Å². The van der Waals surface area contributed by atoms with Gasteiger partial charge in [0.05, 0.1) is 10.1 Å². The number of aromatic nitrogens is 4. The Morgan fingerprint density at radius 3 is 1.91 bits per heavy atom. The van der Waals surface area contributed by atoms with Gasteiger partial charge in [-0.15, -0.1) is 0 Å². The van der Waals surface area contributed by atoms with Crippen molar-refractivity contribution < 1.29 is 0 Å². The van der Waals surface area contributed by atoms with E-state index >= 15 is 0 Å². The van der Waals surface area contributed by atoms with Crippen LogP contribution in [0.5, 0.6) is 0 Å². The van der Waals surface area contributed by atoms with Gasteiger partial charge in [-0.05, 0) is 12.1 Å². The molecular formula is C6H6N4S. The van der Waals surface area contributed by atoms with Gasteiger partial charge in [0, 0.05) is 12.4 Å². The Balaban J connectivity index is 2.14. The number of hydrogen-bond donors (Lipinski definition) is 2. The minimum Gasteiger partial charge on any atom is -0.272 e. The molecule has 0 atom stereocenters. The predicted molar refractivity (Wildman–Crippen MR) is 41.3 cm³/mol. The van der Waals surface area contributed by atoms with Gasteiger partial charge in [-0.25, -0.2) is 0 Å². The van der Waals surface area contributed by atoms with Gasteiger partial charge in [0.2, 0.25) is 0 Å². The van der Waals surface area contributed by atoms with Crippen LogP contribution in [0, 0.1) is 0 Å². The first-order valence-corrected chi connectivity index (χ1v) is 3.93. The van der Waals surface area contributed by atoms with E-state index in [0.717, 1.165) is 10.1 Å². The highest BCUT2D eigenvalue weighted by atomic mass is 32.2. The van der Waals surface area contributed by atoms with E-state index in [1.807, 2.05) is 12.1 Å². The van der Waals surface area contributed by atoms with Gasteiger partial charge in [-0.2, -0.15) is 10.2 Å². The summed E-state index contributed by atoms with van der Waals surface area (Å²) in [6.45, 7) is 0. The van der Waals surface area contributed by atoms with Crippen molar-refractivity contribution in [1.82, 2.24) is 20.4 Å². The summed E-state index contributed by atoms with van der Waals surface area (Å²) in [5.41, 5.74) is 0. The molecule has 0 aliphatic rings. The van der Waals surface area contributed by atoms with Crippen LogP contribution >= 0.6 is 11.8 Å². The Morgan fingerprint density at radius 2 is 1.55 bits per heavy atom. The largest absolute Gasteiger partial charge is 0.272 e. The monoisotopic (exact) mass is 166 g/mol. The molecule has 0 saturated heterocycles. The van der Waals surface area contributed by atoms with E-state index in [1.165, 1.54) is 0 Å². The molecule has 11 heavy (non-hydrogen) atoms. The number of rotatable bonds is 2. The molecule has 0 radical (unpaired) electrons. The van der Waals surface area contributed by atoms with Crippen LogP contribution in [-0.4, -0.2) is 20.4 Å². The summed E-state index contributed by atoms with van der Waals surface area (Å²) in [6, 6.07) is 3.82. The predicted octanol–water partition coefficient (Wildman–Crippen LogP) is 1.28. The van der Waals surface area contributed by atoms with Gasteiger partial charge in [0.25, 0.3) is 0 Å². The van der Waals surface area contributed by atoms with Crippen molar-refractivity contribution in [3.8, 4) is 0 Å². The first kappa shape index (κ1) is 6.48. The van der Waals surface area contributed by atoms with Crippen LogP contribution in [0.1, 0.15) is 0 Å². The number of aromatic amines is 2. The molecule has 0 saturated carbocycles. The zero-order chi connectivity index (χ0) is 7.52. The molecule has 56 valence electrons. The summed E-state index contributed by atoms with van der Waals surface area (Å²) < 4.78 is 0. The molecule has 0 aromatic carbocycles. The van der Waals surface area contributed by atoms with E-state index in [9.17, 15) is 0 Å². The molecule has 0 fully saturated rings. The van der Waals surface area contributed by atoms with Gasteiger partial charge in [-0.1, -0.05) is 11.8 Å². The molecule has 5 heteroatoms. The molecule has 0 amide bonds. The SMILES string of the molecule is c1cc(Sc2ccn[nH]2)[nH]n1. The van der Waals surface area contributed by atoms with Gasteiger partial charge < -0.3 is 0 Å². The van der Waals surface area contributed by atoms with Crippen molar-refractivity contribution in [3.63, 3.8) is 0 Å². The molecular weight excluding hydrogens is 160 g/mol. The molecule has 2 rings (SSSR count). The van der Waals surface area contributed by atoms with Gasteiger partial charge in [-0.3, -0.25) is 10.2 Å². The standard InChI is InChI=1S/C6H6N4S/c1-3-7-9-5(1)11-6-2-4-8-10-6/h1-4H,(H,7,9)(H,8,10). The second kappa shape index (κ2) is 2.79. The van der Waals surface area contributed by atoms with Crippen LogP contribution in [0.25, 0.3) is 0 Å². The van der Waals surface area contributed by atoms with Crippen molar-refractivity contribution in [2.75, 3.05) is 0 Å². The lowest BCUT2D eigenvalue weighted by molar-refractivity contribution is 0.980. The quantitative estimate of drug-likeness (QED) is 0.706. The Kier molecular flexibility index (Phi) is 1.64. The van der Waals surface area contributed by atoms with Crippen molar-refractivity contribution in [3.05, 3.63) is 24.5 Å². The maximum absolute atomic E-state index is 3.82. The minimum atomic E-state index is 1.01. The first-order valence-electron chi connectivity index (χ1n) is 3.12. The molecule has 2 aromatic heterocycles. The highest BCUT2D eigenvalue weighted by Gasteiger charge is 1.97. The second-order valence-electron chi connectivity index (χ2n) is 1.94. The van der Waals surface area contributed by atoms with E-state index in [1.54, 1.807) is 24.2 Å². The van der Waals surface area contributed by atoms with Crippen LogP contribution in [0.4, 0.5) is 0 Å². The normalized spacial score (nSPS) is 10.2. The summed E-state index contributed by atoms with van der Waals surface area (Å²) in [5.74, 6) is 0. The molecule has 2 aromatic rings. The summed E-state index contributed by atoms with van der Waals surface area (Å²) >= 11 is 1.56. The Bertz CT molecular complexity index is 267. The average Bonchev–Trinajstić information content (AvgIpc) is 2.60. The van der Waals surface area contributed by atoms with Crippen LogP contribution < -0.4 is 0 Å². The lowest BCUT2D eigenvalue weighted by Crippen LogP contribution is -1.73.